The maximum atomic E-state index is 13.5. The number of nitrogens with one attached hydrogen (secondary N) is 1. The van der Waals surface area contributed by atoms with Crippen LogP contribution >= 0.6 is 0 Å². The highest BCUT2D eigenvalue weighted by molar-refractivity contribution is 5.84. The van der Waals surface area contributed by atoms with Crippen LogP contribution in [0.15, 0.2) is 46.9 Å². The number of halogens is 1. The van der Waals surface area contributed by atoms with Crippen molar-refractivity contribution in [2.45, 2.75) is 20.4 Å². The van der Waals surface area contributed by atoms with Gasteiger partial charge in [-0.25, -0.2) is 4.39 Å². The number of fused-ring (bicyclic) bond motifs is 1. The highest BCUT2D eigenvalue weighted by Crippen LogP contribution is 2.31. The van der Waals surface area contributed by atoms with Crippen LogP contribution < -0.4 is 5.32 Å². The van der Waals surface area contributed by atoms with Gasteiger partial charge < -0.3 is 9.73 Å². The van der Waals surface area contributed by atoms with Crippen molar-refractivity contribution in [3.8, 4) is 11.3 Å². The van der Waals surface area contributed by atoms with Gasteiger partial charge in [0.1, 0.15) is 17.2 Å². The van der Waals surface area contributed by atoms with E-state index in [0.717, 1.165) is 34.4 Å². The second kappa shape index (κ2) is 5.70. The van der Waals surface area contributed by atoms with Gasteiger partial charge in [0.25, 0.3) is 0 Å². The minimum atomic E-state index is -0.224. The summed E-state index contributed by atoms with van der Waals surface area (Å²) in [5.41, 5.74) is 3.90. The Morgan fingerprint density at radius 3 is 2.76 bits per heavy atom. The Kier molecular flexibility index (Phi) is 3.76. The first-order valence-corrected chi connectivity index (χ1v) is 7.17. The SMILES string of the molecule is CCNCc1cc(F)ccc1-c1cc2cc(C)ccc2o1. The summed E-state index contributed by atoms with van der Waals surface area (Å²) in [7, 11) is 0. The molecule has 0 saturated carbocycles. The minimum Gasteiger partial charge on any atom is -0.456 e. The summed E-state index contributed by atoms with van der Waals surface area (Å²) in [5.74, 6) is 0.558. The highest BCUT2D eigenvalue weighted by Gasteiger charge is 2.11. The van der Waals surface area contributed by atoms with Crippen LogP contribution in [-0.2, 0) is 6.54 Å². The lowest BCUT2D eigenvalue weighted by molar-refractivity contribution is 0.615. The van der Waals surface area contributed by atoms with Crippen LogP contribution in [0.1, 0.15) is 18.1 Å². The van der Waals surface area contributed by atoms with Crippen LogP contribution in [0.3, 0.4) is 0 Å². The Morgan fingerprint density at radius 2 is 1.95 bits per heavy atom. The summed E-state index contributed by atoms with van der Waals surface area (Å²) in [6.45, 7) is 5.55. The molecule has 2 nitrogen and oxygen atoms in total. The van der Waals surface area contributed by atoms with Crippen molar-refractivity contribution in [3.63, 3.8) is 0 Å². The smallest absolute Gasteiger partial charge is 0.135 e. The number of aryl methyl sites for hydroxylation is 1. The van der Waals surface area contributed by atoms with E-state index in [2.05, 4.69) is 18.3 Å². The maximum Gasteiger partial charge on any atom is 0.135 e. The van der Waals surface area contributed by atoms with Gasteiger partial charge in [0.15, 0.2) is 0 Å². The molecule has 1 heterocycles. The molecule has 0 atom stereocenters. The molecule has 3 heteroatoms. The summed E-state index contributed by atoms with van der Waals surface area (Å²) in [6.07, 6.45) is 0. The molecule has 108 valence electrons. The lowest BCUT2D eigenvalue weighted by Crippen LogP contribution is -2.12. The molecule has 0 aliphatic carbocycles. The molecule has 0 bridgehead atoms. The number of rotatable bonds is 4. The quantitative estimate of drug-likeness (QED) is 0.753. The summed E-state index contributed by atoms with van der Waals surface area (Å²) in [4.78, 5) is 0. The van der Waals surface area contributed by atoms with Crippen molar-refractivity contribution in [3.05, 3.63) is 59.4 Å². The molecular formula is C18H18FNO. The van der Waals surface area contributed by atoms with Crippen LogP contribution in [0.2, 0.25) is 0 Å². The molecule has 0 unspecified atom stereocenters. The largest absolute Gasteiger partial charge is 0.456 e. The molecule has 0 fully saturated rings. The van der Waals surface area contributed by atoms with E-state index < -0.39 is 0 Å². The second-order valence-corrected chi connectivity index (χ2v) is 5.23. The maximum absolute atomic E-state index is 13.5. The predicted molar refractivity (Wildman–Crippen MR) is 83.7 cm³/mol. The predicted octanol–water partition coefficient (Wildman–Crippen LogP) is 4.66. The van der Waals surface area contributed by atoms with Crippen molar-refractivity contribution in [1.29, 1.82) is 0 Å². The van der Waals surface area contributed by atoms with Crippen LogP contribution in [0.25, 0.3) is 22.3 Å². The molecule has 21 heavy (non-hydrogen) atoms. The fourth-order valence-electron chi connectivity index (χ4n) is 2.50. The second-order valence-electron chi connectivity index (χ2n) is 5.23. The van der Waals surface area contributed by atoms with Gasteiger partial charge in [0.05, 0.1) is 0 Å². The van der Waals surface area contributed by atoms with Crippen LogP contribution in [0.5, 0.6) is 0 Å². The third-order valence-corrected chi connectivity index (χ3v) is 3.57. The molecule has 0 aliphatic rings. The Hall–Kier alpha value is -2.13. The van der Waals surface area contributed by atoms with E-state index >= 15 is 0 Å². The zero-order valence-corrected chi connectivity index (χ0v) is 12.2. The van der Waals surface area contributed by atoms with Gasteiger partial charge in [-0.2, -0.15) is 0 Å². The van der Waals surface area contributed by atoms with E-state index in [4.69, 9.17) is 4.42 Å². The summed E-state index contributed by atoms with van der Waals surface area (Å²) in [5, 5.41) is 4.31. The fourth-order valence-corrected chi connectivity index (χ4v) is 2.50. The van der Waals surface area contributed by atoms with E-state index in [1.165, 1.54) is 11.6 Å². The number of benzene rings is 2. The van der Waals surface area contributed by atoms with Crippen molar-refractivity contribution in [1.82, 2.24) is 5.32 Å². The average molecular weight is 283 g/mol. The van der Waals surface area contributed by atoms with Gasteiger partial charge in [-0.05, 0) is 55.4 Å². The molecule has 1 aromatic heterocycles. The van der Waals surface area contributed by atoms with E-state index in [1.54, 1.807) is 12.1 Å². The number of furan rings is 1. The zero-order chi connectivity index (χ0) is 14.8. The van der Waals surface area contributed by atoms with Gasteiger partial charge in [0, 0.05) is 17.5 Å². The van der Waals surface area contributed by atoms with Crippen molar-refractivity contribution >= 4 is 11.0 Å². The molecule has 1 N–H and O–H groups in total. The molecule has 2 aromatic carbocycles. The van der Waals surface area contributed by atoms with E-state index in [9.17, 15) is 4.39 Å². The third kappa shape index (κ3) is 2.83. The lowest BCUT2D eigenvalue weighted by atomic mass is 10.0. The number of hydrogen-bond acceptors (Lipinski definition) is 2. The normalized spacial score (nSPS) is 11.2. The van der Waals surface area contributed by atoms with Crippen molar-refractivity contribution in [2.75, 3.05) is 6.54 Å². The van der Waals surface area contributed by atoms with Crippen molar-refractivity contribution in [2.24, 2.45) is 0 Å². The molecule has 3 aromatic rings. The van der Waals surface area contributed by atoms with Crippen LogP contribution in [0.4, 0.5) is 4.39 Å². The van der Waals surface area contributed by atoms with Crippen LogP contribution in [0, 0.1) is 12.7 Å². The Bertz CT molecular complexity index is 776. The van der Waals surface area contributed by atoms with E-state index in [-0.39, 0.29) is 5.82 Å². The molecule has 0 amide bonds. The van der Waals surface area contributed by atoms with Gasteiger partial charge in [-0.15, -0.1) is 0 Å². The monoisotopic (exact) mass is 283 g/mol. The third-order valence-electron chi connectivity index (χ3n) is 3.57. The molecule has 0 saturated heterocycles. The summed E-state index contributed by atoms with van der Waals surface area (Å²) in [6, 6.07) is 12.9. The molecule has 0 aliphatic heterocycles. The average Bonchev–Trinajstić information content (AvgIpc) is 2.87. The first-order valence-electron chi connectivity index (χ1n) is 7.17. The van der Waals surface area contributed by atoms with Gasteiger partial charge in [-0.3, -0.25) is 0 Å². The van der Waals surface area contributed by atoms with Gasteiger partial charge >= 0.3 is 0 Å². The van der Waals surface area contributed by atoms with Gasteiger partial charge in [-0.1, -0.05) is 18.6 Å². The molecule has 3 rings (SSSR count). The lowest BCUT2D eigenvalue weighted by Gasteiger charge is -2.08. The Morgan fingerprint density at radius 1 is 1.10 bits per heavy atom. The van der Waals surface area contributed by atoms with E-state index in [0.29, 0.717) is 6.54 Å². The Labute approximate surface area is 123 Å². The number of hydrogen-bond donors (Lipinski definition) is 1. The van der Waals surface area contributed by atoms with Gasteiger partial charge in [0.2, 0.25) is 0 Å². The zero-order valence-electron chi connectivity index (χ0n) is 12.2. The topological polar surface area (TPSA) is 25.2 Å². The highest BCUT2D eigenvalue weighted by atomic mass is 19.1. The first kappa shape index (κ1) is 13.8. The summed E-state index contributed by atoms with van der Waals surface area (Å²) < 4.78 is 19.4. The minimum absolute atomic E-state index is 0.224. The standard InChI is InChI=1S/C18H18FNO/c1-3-20-11-14-9-15(19)5-6-16(14)18-10-13-8-12(2)4-7-17(13)21-18/h4-10,20H,3,11H2,1-2H3. The first-order chi connectivity index (χ1) is 10.2. The van der Waals surface area contributed by atoms with Crippen LogP contribution in [-0.4, -0.2) is 6.54 Å². The molecule has 0 spiro atoms. The van der Waals surface area contributed by atoms with Crippen molar-refractivity contribution < 1.29 is 8.81 Å². The molecular weight excluding hydrogens is 265 g/mol. The Balaban J connectivity index is 2.08. The molecule has 0 radical (unpaired) electrons. The fraction of sp³-hybridized carbons (Fsp3) is 0.222. The van der Waals surface area contributed by atoms with E-state index in [1.807, 2.05) is 25.1 Å². The summed E-state index contributed by atoms with van der Waals surface area (Å²) >= 11 is 0.